The van der Waals surface area contributed by atoms with E-state index in [-0.39, 0.29) is 22.7 Å². The Hall–Kier alpha value is -4.63. The van der Waals surface area contributed by atoms with Crippen LogP contribution in [0.2, 0.25) is 0 Å². The van der Waals surface area contributed by atoms with Crippen LogP contribution in [-0.4, -0.2) is 41.8 Å². The number of hydrogen-bond acceptors (Lipinski definition) is 7. The zero-order valence-electron chi connectivity index (χ0n) is 25.5. The van der Waals surface area contributed by atoms with Crippen LogP contribution in [0.1, 0.15) is 48.7 Å². The van der Waals surface area contributed by atoms with Crippen LogP contribution in [0.3, 0.4) is 0 Å². The number of aryl methyl sites for hydroxylation is 1. The van der Waals surface area contributed by atoms with Crippen LogP contribution in [0.5, 0.6) is 0 Å². The molecule has 0 aliphatic carbocycles. The number of carbonyl (C=O) groups is 1. The predicted octanol–water partition coefficient (Wildman–Crippen LogP) is 5.86. The van der Waals surface area contributed by atoms with E-state index >= 15 is 0 Å². The number of anilines is 5. The van der Waals surface area contributed by atoms with Crippen molar-refractivity contribution in [2.24, 2.45) is 7.05 Å². The minimum absolute atomic E-state index is 0.00880. The summed E-state index contributed by atoms with van der Waals surface area (Å²) in [4.78, 5) is 33.1. The van der Waals surface area contributed by atoms with Gasteiger partial charge in [0.1, 0.15) is 0 Å². The summed E-state index contributed by atoms with van der Waals surface area (Å²) in [6.07, 6.45) is 2.65. The molecule has 0 spiro atoms. The van der Waals surface area contributed by atoms with Crippen molar-refractivity contribution < 1.29 is 9.53 Å². The molecule has 0 radical (unpaired) electrons. The lowest BCUT2D eigenvalue weighted by molar-refractivity contribution is 0.102. The Bertz CT molecular complexity index is 1680. The van der Waals surface area contributed by atoms with Gasteiger partial charge < -0.3 is 30.6 Å². The van der Waals surface area contributed by atoms with Gasteiger partial charge >= 0.3 is 0 Å². The molecule has 1 amide bonds. The first-order chi connectivity index (χ1) is 20.5. The van der Waals surface area contributed by atoms with Gasteiger partial charge in [0.2, 0.25) is 0 Å². The van der Waals surface area contributed by atoms with Gasteiger partial charge in [-0.2, -0.15) is 0 Å². The number of hydrogen-bond donors (Lipinski definition) is 3. The Labute approximate surface area is 252 Å². The van der Waals surface area contributed by atoms with Crippen LogP contribution in [0.25, 0.3) is 11.3 Å². The minimum atomic E-state index is -0.267. The van der Waals surface area contributed by atoms with Gasteiger partial charge in [-0.1, -0.05) is 45.0 Å². The lowest BCUT2D eigenvalue weighted by Crippen LogP contribution is -2.26. The molecule has 9 nitrogen and oxygen atoms in total. The molecule has 0 atom stereocenters. The fraction of sp³-hybridized carbons (Fsp3) is 0.324. The molecule has 1 aromatic heterocycles. The molecule has 4 N–H and O–H groups in total. The second kappa shape index (κ2) is 12.3. The topological polar surface area (TPSA) is 115 Å². The van der Waals surface area contributed by atoms with Crippen molar-refractivity contribution in [3.8, 4) is 11.3 Å². The third-order valence-electron chi connectivity index (χ3n) is 7.80. The van der Waals surface area contributed by atoms with Crippen molar-refractivity contribution >= 4 is 34.5 Å². The summed E-state index contributed by atoms with van der Waals surface area (Å²) in [5.74, 6) is -0.00618. The first-order valence-corrected chi connectivity index (χ1v) is 14.6. The Morgan fingerprint density at radius 1 is 1.02 bits per heavy atom. The number of nitrogens with one attached hydrogen (secondary N) is 2. The molecule has 9 heteroatoms. The number of carbonyl (C=O) groups excluding carboxylic acids is 1. The maximum Gasteiger partial charge on any atom is 0.293 e. The number of benzene rings is 3. The highest BCUT2D eigenvalue weighted by molar-refractivity contribution is 6.05. The van der Waals surface area contributed by atoms with Gasteiger partial charge in [-0.3, -0.25) is 9.59 Å². The van der Waals surface area contributed by atoms with E-state index in [1.165, 1.54) is 10.1 Å². The van der Waals surface area contributed by atoms with Crippen LogP contribution in [0.4, 0.5) is 28.6 Å². The number of rotatable bonds is 6. The molecular formula is C34H40N6O3. The standard InChI is InChI=1S/C34H40N6O3/c1-22-26(8-6-9-28(22)38-32(41)23-10-12-24(13-11-23)34(2,3)4)29-21-39(5)33(42)31(37-29)36-25-14-15-30(27(35)20-25)40-16-7-18-43-19-17-40/h6,8-15,20-21H,7,16-19,35H2,1-5H3,(H,36,37)(H,38,41). The average molecular weight is 581 g/mol. The van der Waals surface area contributed by atoms with Gasteiger partial charge in [0.15, 0.2) is 5.82 Å². The molecule has 3 aromatic carbocycles. The van der Waals surface area contributed by atoms with Crippen LogP contribution < -0.4 is 26.8 Å². The number of ether oxygens (including phenoxy) is 1. The van der Waals surface area contributed by atoms with Crippen LogP contribution in [0, 0.1) is 6.92 Å². The monoisotopic (exact) mass is 580 g/mol. The Morgan fingerprint density at radius 3 is 2.51 bits per heavy atom. The smallest absolute Gasteiger partial charge is 0.293 e. The van der Waals surface area contributed by atoms with Crippen molar-refractivity contribution in [2.75, 3.05) is 47.6 Å². The maximum absolute atomic E-state index is 13.1. The van der Waals surface area contributed by atoms with E-state index in [1.807, 2.05) is 67.6 Å². The maximum atomic E-state index is 13.1. The number of amides is 1. The molecule has 0 unspecified atom stereocenters. The third kappa shape index (κ3) is 6.73. The third-order valence-corrected chi connectivity index (χ3v) is 7.80. The Balaban J connectivity index is 1.38. The fourth-order valence-corrected chi connectivity index (χ4v) is 5.23. The van der Waals surface area contributed by atoms with Crippen LogP contribution in [-0.2, 0) is 17.2 Å². The van der Waals surface area contributed by atoms with Crippen molar-refractivity contribution in [3.05, 3.63) is 93.9 Å². The summed E-state index contributed by atoms with van der Waals surface area (Å²) in [6.45, 7) is 11.4. The second-order valence-corrected chi connectivity index (χ2v) is 12.0. The molecule has 1 fully saturated rings. The molecule has 224 valence electrons. The van der Waals surface area contributed by atoms with E-state index in [0.717, 1.165) is 42.9 Å². The van der Waals surface area contributed by atoms with Gasteiger partial charge in [-0.25, -0.2) is 4.98 Å². The number of aromatic nitrogens is 2. The predicted molar refractivity (Wildman–Crippen MR) is 175 cm³/mol. The van der Waals surface area contributed by atoms with Gasteiger partial charge in [-0.05, 0) is 66.3 Å². The highest BCUT2D eigenvalue weighted by atomic mass is 16.5. The molecule has 0 bridgehead atoms. The first-order valence-electron chi connectivity index (χ1n) is 14.6. The van der Waals surface area contributed by atoms with Gasteiger partial charge in [0.05, 0.1) is 23.7 Å². The highest BCUT2D eigenvalue weighted by Gasteiger charge is 2.18. The summed E-state index contributed by atoms with van der Waals surface area (Å²) in [6, 6.07) is 19.0. The quantitative estimate of drug-likeness (QED) is 0.245. The zero-order valence-corrected chi connectivity index (χ0v) is 25.5. The van der Waals surface area contributed by atoms with Crippen molar-refractivity contribution in [2.45, 2.75) is 39.5 Å². The van der Waals surface area contributed by atoms with Crippen LogP contribution in [0.15, 0.2) is 71.7 Å². The number of nitrogens with two attached hydrogens (primary N) is 1. The summed E-state index contributed by atoms with van der Waals surface area (Å²) in [7, 11) is 1.69. The normalized spacial score (nSPS) is 13.8. The summed E-state index contributed by atoms with van der Waals surface area (Å²) in [5.41, 5.74) is 13.1. The fourth-order valence-electron chi connectivity index (χ4n) is 5.23. The van der Waals surface area contributed by atoms with E-state index in [1.54, 1.807) is 13.2 Å². The molecule has 43 heavy (non-hydrogen) atoms. The largest absolute Gasteiger partial charge is 0.397 e. The minimum Gasteiger partial charge on any atom is -0.397 e. The van der Waals surface area contributed by atoms with Crippen LogP contribution >= 0.6 is 0 Å². The van der Waals surface area contributed by atoms with E-state index in [9.17, 15) is 9.59 Å². The van der Waals surface area contributed by atoms with Crippen molar-refractivity contribution in [3.63, 3.8) is 0 Å². The summed E-state index contributed by atoms with van der Waals surface area (Å²) in [5, 5.41) is 6.21. The zero-order chi connectivity index (χ0) is 30.7. The number of nitrogens with zero attached hydrogens (tertiary/aromatic N) is 3. The van der Waals surface area contributed by atoms with E-state index in [0.29, 0.717) is 34.9 Å². The van der Waals surface area contributed by atoms with Crippen molar-refractivity contribution in [1.29, 1.82) is 0 Å². The van der Waals surface area contributed by atoms with E-state index in [2.05, 4.69) is 36.3 Å². The molecule has 5 rings (SSSR count). The SMILES string of the molecule is Cc1c(NC(=O)c2ccc(C(C)(C)C)cc2)cccc1-c1cn(C)c(=O)c(Nc2ccc(N3CCCOCC3)c(N)c2)n1. The van der Waals surface area contributed by atoms with E-state index < -0.39 is 0 Å². The molecule has 2 heterocycles. The Kier molecular flexibility index (Phi) is 8.54. The molecule has 0 saturated carbocycles. The van der Waals surface area contributed by atoms with Gasteiger partial charge in [0.25, 0.3) is 11.5 Å². The lowest BCUT2D eigenvalue weighted by Gasteiger charge is -2.24. The van der Waals surface area contributed by atoms with Crippen molar-refractivity contribution in [1.82, 2.24) is 9.55 Å². The molecule has 1 saturated heterocycles. The molecule has 4 aromatic rings. The summed E-state index contributed by atoms with van der Waals surface area (Å²) < 4.78 is 7.07. The lowest BCUT2D eigenvalue weighted by atomic mass is 9.86. The number of nitrogen functional groups attached to an aromatic ring is 1. The molecular weight excluding hydrogens is 540 g/mol. The molecule has 1 aliphatic rings. The second-order valence-electron chi connectivity index (χ2n) is 12.0. The highest BCUT2D eigenvalue weighted by Crippen LogP contribution is 2.31. The average Bonchev–Trinajstić information content (AvgIpc) is 3.26. The molecule has 1 aliphatic heterocycles. The van der Waals surface area contributed by atoms with E-state index in [4.69, 9.17) is 15.5 Å². The first kappa shape index (κ1) is 29.8. The summed E-state index contributed by atoms with van der Waals surface area (Å²) >= 11 is 0. The Morgan fingerprint density at radius 2 is 1.79 bits per heavy atom. The van der Waals surface area contributed by atoms with Gasteiger partial charge in [0, 0.05) is 55.4 Å². The van der Waals surface area contributed by atoms with Gasteiger partial charge in [-0.15, -0.1) is 0 Å².